The molecule has 0 saturated heterocycles. The summed E-state index contributed by atoms with van der Waals surface area (Å²) in [6, 6.07) is 75.5. The molecule has 0 fully saturated rings. The molecule has 0 amide bonds. The summed E-state index contributed by atoms with van der Waals surface area (Å²) in [6.45, 7) is 8.52. The minimum atomic E-state index is -2.12. The number of rotatable bonds is 4. The van der Waals surface area contributed by atoms with Gasteiger partial charge in [-0.1, -0.05) is 162 Å². The van der Waals surface area contributed by atoms with Crippen molar-refractivity contribution in [1.29, 1.82) is 0 Å². The number of para-hydroxylation sites is 1. The summed E-state index contributed by atoms with van der Waals surface area (Å²) in [6.07, 6.45) is 6.73. The molecular formula is C80H71N6+3. The van der Waals surface area contributed by atoms with E-state index in [-0.39, 0.29) is 0 Å². The third kappa shape index (κ3) is 8.98. The maximum absolute atomic E-state index is 7.78. The minimum Gasteiger partial charge on any atom is -0.339 e. The van der Waals surface area contributed by atoms with Gasteiger partial charge in [0.1, 0.15) is 32.2 Å². The summed E-state index contributed by atoms with van der Waals surface area (Å²) in [5.74, 6) is 0. The number of aryl methyl sites for hydroxylation is 11. The van der Waals surface area contributed by atoms with Gasteiger partial charge in [0.05, 0.1) is 16.4 Å². The van der Waals surface area contributed by atoms with E-state index in [0.717, 1.165) is 28.0 Å². The first-order valence-corrected chi connectivity index (χ1v) is 29.7. The highest BCUT2D eigenvalue weighted by Gasteiger charge is 2.24. The molecule has 0 spiro atoms. The van der Waals surface area contributed by atoms with E-state index in [1.54, 1.807) is 12.1 Å². The normalized spacial score (nSPS) is 12.3. The first-order valence-electron chi connectivity index (χ1n) is 31.2. The van der Waals surface area contributed by atoms with Gasteiger partial charge in [-0.05, 0) is 139 Å². The highest BCUT2D eigenvalue weighted by molar-refractivity contribution is 6.23. The van der Waals surface area contributed by atoms with Crippen molar-refractivity contribution in [3.8, 4) is 39.5 Å². The fraction of sp³-hybridized carbons (Fsp3) is 0.138. The second-order valence-corrected chi connectivity index (χ2v) is 23.7. The minimum absolute atomic E-state index is 0.368. The molecule has 6 heteroatoms. The molecule has 418 valence electrons. The van der Waals surface area contributed by atoms with Gasteiger partial charge in [-0.2, -0.15) is 9.13 Å². The van der Waals surface area contributed by atoms with Crippen LogP contribution in [-0.2, 0) is 35.2 Å². The zero-order chi connectivity index (χ0) is 61.7. The van der Waals surface area contributed by atoms with E-state index in [4.69, 9.17) is 4.11 Å². The van der Waals surface area contributed by atoms with E-state index < -0.39 is 6.85 Å². The lowest BCUT2D eigenvalue weighted by molar-refractivity contribution is -0.659. The van der Waals surface area contributed by atoms with Crippen LogP contribution in [0.1, 0.15) is 37.5 Å². The van der Waals surface area contributed by atoms with Crippen LogP contribution < -0.4 is 13.7 Å². The van der Waals surface area contributed by atoms with Crippen LogP contribution in [0, 0.1) is 41.5 Å². The summed E-state index contributed by atoms with van der Waals surface area (Å²) in [5.41, 5.74) is 22.1. The van der Waals surface area contributed by atoms with E-state index in [1.165, 1.54) is 137 Å². The average Bonchev–Trinajstić information content (AvgIpc) is 1.62. The summed E-state index contributed by atoms with van der Waals surface area (Å²) in [5, 5.41) is 15.4. The molecule has 6 aromatic heterocycles. The Morgan fingerprint density at radius 2 is 0.767 bits per heavy atom. The van der Waals surface area contributed by atoms with Gasteiger partial charge in [-0.3, -0.25) is 0 Å². The predicted octanol–water partition coefficient (Wildman–Crippen LogP) is 18.2. The van der Waals surface area contributed by atoms with E-state index >= 15 is 0 Å². The van der Waals surface area contributed by atoms with Crippen molar-refractivity contribution in [3.63, 3.8) is 0 Å². The standard InChI is InChI=1S/C31H27N2.C25H23N2.C24H21N2/c1-20-10-13-25(22(3)16-20)29-18-30-27(19-32(29)4)31-26-14-11-21(2)17-23(26)12-15-28(31)33(30)24-8-6-5-7-9-24;1-16-9-11-19(17(2)13-16)23-14-21-24(15-26(23)3)27(4)22-12-10-18-7-5-6-8-20(18)25(21)22;1-16-8-4-6-10-18(16)22-14-20-23(15-25(22)2)26(3)21-13-12-17-9-5-7-11-19(17)24(20)21/h5-19H,1-4H3;5-15H,1-4H3;4-15H,1-3H3/q3*+1/i1D3;;. The van der Waals surface area contributed by atoms with Gasteiger partial charge >= 0.3 is 0 Å². The molecule has 0 aliphatic heterocycles. The number of benzene rings is 10. The largest absolute Gasteiger partial charge is 0.339 e. The summed E-state index contributed by atoms with van der Waals surface area (Å²) < 4.78 is 36.9. The van der Waals surface area contributed by atoms with Crippen molar-refractivity contribution in [3.05, 3.63) is 264 Å². The maximum atomic E-state index is 7.78. The van der Waals surface area contributed by atoms with Gasteiger partial charge in [0.15, 0.2) is 18.6 Å². The van der Waals surface area contributed by atoms with Crippen LogP contribution >= 0.6 is 0 Å². The number of hydrogen-bond donors (Lipinski definition) is 0. The third-order valence-electron chi connectivity index (χ3n) is 18.1. The van der Waals surface area contributed by atoms with Crippen LogP contribution in [0.25, 0.3) is 137 Å². The Morgan fingerprint density at radius 1 is 0.314 bits per heavy atom. The van der Waals surface area contributed by atoms with E-state index in [1.807, 2.05) is 19.1 Å². The molecular weight excluding hydrogens is 1040 g/mol. The molecule has 0 aliphatic carbocycles. The maximum Gasteiger partial charge on any atom is 0.214 e. The second-order valence-electron chi connectivity index (χ2n) is 23.7. The van der Waals surface area contributed by atoms with Crippen LogP contribution in [0.3, 0.4) is 0 Å². The molecule has 0 N–H and O–H groups in total. The molecule has 86 heavy (non-hydrogen) atoms. The van der Waals surface area contributed by atoms with Crippen molar-refractivity contribution >= 4 is 97.7 Å². The van der Waals surface area contributed by atoms with Gasteiger partial charge < -0.3 is 13.7 Å². The van der Waals surface area contributed by atoms with Crippen molar-refractivity contribution in [2.45, 2.75) is 41.5 Å². The monoisotopic (exact) mass is 1120 g/mol. The highest BCUT2D eigenvalue weighted by atomic mass is 15.0. The molecule has 16 rings (SSSR count). The Balaban J connectivity index is 0.000000119. The molecule has 6 nitrogen and oxygen atoms in total. The topological polar surface area (TPSA) is 26.4 Å². The van der Waals surface area contributed by atoms with Crippen LogP contribution in [0.2, 0.25) is 0 Å². The van der Waals surface area contributed by atoms with Gasteiger partial charge in [0.25, 0.3) is 0 Å². The number of nitrogens with zero attached hydrogens (tertiary/aromatic N) is 6. The van der Waals surface area contributed by atoms with Crippen LogP contribution in [0.4, 0.5) is 0 Å². The Hall–Kier alpha value is -10.2. The van der Waals surface area contributed by atoms with Gasteiger partial charge in [0, 0.05) is 96.7 Å². The quantitative estimate of drug-likeness (QED) is 0.157. The number of aromatic nitrogens is 6. The van der Waals surface area contributed by atoms with Crippen molar-refractivity contribution < 1.29 is 17.8 Å². The van der Waals surface area contributed by atoms with Crippen molar-refractivity contribution in [1.82, 2.24) is 13.7 Å². The number of fused-ring (bicyclic) bond motifs is 15. The molecule has 0 unspecified atom stereocenters. The number of pyridine rings is 3. The first kappa shape index (κ1) is 50.4. The van der Waals surface area contributed by atoms with Gasteiger partial charge in [-0.25, -0.2) is 4.57 Å². The molecule has 0 radical (unpaired) electrons. The lowest BCUT2D eigenvalue weighted by Gasteiger charge is -2.09. The Kier molecular flexibility index (Phi) is 12.4. The van der Waals surface area contributed by atoms with Crippen LogP contribution in [-0.4, -0.2) is 13.7 Å². The molecule has 6 heterocycles. The molecule has 10 aromatic carbocycles. The zero-order valence-corrected chi connectivity index (χ0v) is 50.6. The zero-order valence-electron chi connectivity index (χ0n) is 53.6. The summed E-state index contributed by atoms with van der Waals surface area (Å²) in [4.78, 5) is 0. The third-order valence-corrected chi connectivity index (χ3v) is 18.1. The van der Waals surface area contributed by atoms with Crippen molar-refractivity contribution in [2.75, 3.05) is 0 Å². The highest BCUT2D eigenvalue weighted by Crippen LogP contribution is 2.40. The fourth-order valence-corrected chi connectivity index (χ4v) is 13.7. The summed E-state index contributed by atoms with van der Waals surface area (Å²) >= 11 is 0. The van der Waals surface area contributed by atoms with Crippen LogP contribution in [0.5, 0.6) is 0 Å². The molecule has 0 atom stereocenters. The second kappa shape index (κ2) is 21.2. The average molecular weight is 1120 g/mol. The van der Waals surface area contributed by atoms with Crippen LogP contribution in [0.15, 0.2) is 231 Å². The van der Waals surface area contributed by atoms with E-state index in [0.29, 0.717) is 5.56 Å². The predicted molar refractivity (Wildman–Crippen MR) is 362 cm³/mol. The SMILES string of the molecule is Cc1ccc(-c2cc3c4c5ccccc5ccc4n(C)c3c[n+]2C)c(C)c1.Cc1ccccc1-c1cc2c3c4ccccc4ccc3n(C)c2c[n+]1C.[2H]C([2H])([2H])c1ccc(-c2cc3c(c[n+]2C)c2c4ccc(C)cc4ccc2n3-c2ccccc2)c(C)c1. The lowest BCUT2D eigenvalue weighted by atomic mass is 10.00. The summed E-state index contributed by atoms with van der Waals surface area (Å²) in [7, 11) is 10.7. The Labute approximate surface area is 507 Å². The van der Waals surface area contributed by atoms with Crippen molar-refractivity contribution in [2.24, 2.45) is 35.2 Å². The molecule has 0 aliphatic rings. The van der Waals surface area contributed by atoms with Gasteiger partial charge in [0.2, 0.25) is 17.1 Å². The Bertz CT molecular complexity index is 5550. The van der Waals surface area contributed by atoms with E-state index in [9.17, 15) is 0 Å². The fourth-order valence-electron chi connectivity index (χ4n) is 13.7. The first-order chi connectivity index (χ1) is 42.9. The Morgan fingerprint density at radius 3 is 1.36 bits per heavy atom. The smallest absolute Gasteiger partial charge is 0.214 e. The van der Waals surface area contributed by atoms with Gasteiger partial charge in [-0.15, -0.1) is 0 Å². The molecule has 0 bridgehead atoms. The molecule has 16 aromatic rings. The number of hydrogen-bond acceptors (Lipinski definition) is 0. The van der Waals surface area contributed by atoms with E-state index in [2.05, 4.69) is 297 Å². The lowest BCUT2D eigenvalue weighted by Crippen LogP contribution is -2.30. The molecule has 0 saturated carbocycles.